The third kappa shape index (κ3) is 2.87. The summed E-state index contributed by atoms with van der Waals surface area (Å²) in [6.07, 6.45) is 3.78. The van der Waals surface area contributed by atoms with Gasteiger partial charge in [-0.15, -0.1) is 0 Å². The lowest BCUT2D eigenvalue weighted by atomic mass is 9.88. The Kier molecular flexibility index (Phi) is 3.94. The van der Waals surface area contributed by atoms with Gasteiger partial charge in [0.25, 0.3) is 5.91 Å². The first kappa shape index (κ1) is 15.1. The van der Waals surface area contributed by atoms with Crippen molar-refractivity contribution < 1.29 is 14.3 Å². The molecule has 22 heavy (non-hydrogen) atoms. The van der Waals surface area contributed by atoms with Gasteiger partial charge in [-0.1, -0.05) is 25.1 Å². The third-order valence-corrected chi connectivity index (χ3v) is 4.49. The molecule has 1 aliphatic heterocycles. The number of rotatable bonds is 5. The lowest BCUT2D eigenvalue weighted by molar-refractivity contribution is -0.151. The monoisotopic (exact) mass is 301 g/mol. The molecular formula is C18H23NO3. The van der Waals surface area contributed by atoms with E-state index in [1.807, 2.05) is 23.1 Å². The van der Waals surface area contributed by atoms with E-state index >= 15 is 0 Å². The second-order valence-electron chi connectivity index (χ2n) is 6.65. The maximum absolute atomic E-state index is 13.0. The van der Waals surface area contributed by atoms with Gasteiger partial charge in [-0.05, 0) is 43.7 Å². The second-order valence-corrected chi connectivity index (χ2v) is 6.65. The van der Waals surface area contributed by atoms with Crippen molar-refractivity contribution >= 4 is 11.9 Å². The summed E-state index contributed by atoms with van der Waals surface area (Å²) < 4.78 is 5.56. The standard InChI is InChI=1S/C18H23NO3/c1-3-10-19(12-13-8-9-13)17(21)18(2)11-14-6-4-5-7-15(14)16(20)22-18/h4-7,13H,3,8-12H2,1-2H3. The minimum atomic E-state index is -1.07. The summed E-state index contributed by atoms with van der Waals surface area (Å²) in [4.78, 5) is 27.1. The molecule has 0 saturated heterocycles. The number of hydrogen-bond acceptors (Lipinski definition) is 3. The van der Waals surface area contributed by atoms with E-state index in [-0.39, 0.29) is 11.9 Å². The first-order chi connectivity index (χ1) is 10.5. The van der Waals surface area contributed by atoms with Crippen molar-refractivity contribution in [3.63, 3.8) is 0 Å². The Morgan fingerprint density at radius 1 is 1.36 bits per heavy atom. The van der Waals surface area contributed by atoms with Gasteiger partial charge in [0.1, 0.15) is 0 Å². The largest absolute Gasteiger partial charge is 0.445 e. The van der Waals surface area contributed by atoms with Gasteiger partial charge in [-0.2, -0.15) is 0 Å². The number of esters is 1. The van der Waals surface area contributed by atoms with Crippen molar-refractivity contribution in [2.24, 2.45) is 5.92 Å². The van der Waals surface area contributed by atoms with Crippen molar-refractivity contribution in [3.8, 4) is 0 Å². The zero-order valence-corrected chi connectivity index (χ0v) is 13.3. The highest BCUT2D eigenvalue weighted by atomic mass is 16.6. The molecule has 3 rings (SSSR count). The maximum Gasteiger partial charge on any atom is 0.339 e. The molecule has 4 heteroatoms. The van der Waals surface area contributed by atoms with Crippen LogP contribution in [0.15, 0.2) is 24.3 Å². The Morgan fingerprint density at radius 3 is 2.77 bits per heavy atom. The fourth-order valence-electron chi connectivity index (χ4n) is 3.14. The van der Waals surface area contributed by atoms with E-state index in [1.54, 1.807) is 13.0 Å². The molecular weight excluding hydrogens is 278 g/mol. The van der Waals surface area contributed by atoms with Gasteiger partial charge in [0, 0.05) is 19.5 Å². The Balaban J connectivity index is 1.82. The van der Waals surface area contributed by atoms with Crippen LogP contribution in [0.5, 0.6) is 0 Å². The van der Waals surface area contributed by atoms with Gasteiger partial charge in [0.15, 0.2) is 5.60 Å². The normalized spacial score (nSPS) is 23.6. The molecule has 0 bridgehead atoms. The molecule has 1 aromatic rings. The summed E-state index contributed by atoms with van der Waals surface area (Å²) in [6, 6.07) is 7.39. The number of nitrogens with zero attached hydrogens (tertiary/aromatic N) is 1. The smallest absolute Gasteiger partial charge is 0.339 e. The van der Waals surface area contributed by atoms with Crippen LogP contribution < -0.4 is 0 Å². The minimum Gasteiger partial charge on any atom is -0.445 e. The quantitative estimate of drug-likeness (QED) is 0.786. The molecule has 118 valence electrons. The Hall–Kier alpha value is -1.84. The minimum absolute atomic E-state index is 0.0518. The lowest BCUT2D eigenvalue weighted by Crippen LogP contribution is -2.53. The van der Waals surface area contributed by atoms with Crippen molar-refractivity contribution in [1.29, 1.82) is 0 Å². The van der Waals surface area contributed by atoms with Crippen molar-refractivity contribution in [1.82, 2.24) is 4.90 Å². The average molecular weight is 301 g/mol. The summed E-state index contributed by atoms with van der Waals surface area (Å²) in [5, 5.41) is 0. The molecule has 0 spiro atoms. The van der Waals surface area contributed by atoms with Crippen LogP contribution in [0.4, 0.5) is 0 Å². The molecule has 1 aliphatic carbocycles. The fraction of sp³-hybridized carbons (Fsp3) is 0.556. The Bertz CT molecular complexity index is 594. The number of benzene rings is 1. The van der Waals surface area contributed by atoms with Crippen molar-refractivity contribution in [3.05, 3.63) is 35.4 Å². The highest BCUT2D eigenvalue weighted by Gasteiger charge is 2.45. The molecule has 0 radical (unpaired) electrons. The van der Waals surface area contributed by atoms with Crippen LogP contribution in [-0.4, -0.2) is 35.5 Å². The number of cyclic esters (lactones) is 1. The fourth-order valence-corrected chi connectivity index (χ4v) is 3.14. The molecule has 4 nitrogen and oxygen atoms in total. The van der Waals surface area contributed by atoms with E-state index < -0.39 is 5.60 Å². The molecule has 2 aliphatic rings. The van der Waals surface area contributed by atoms with Crippen LogP contribution in [0.25, 0.3) is 0 Å². The number of fused-ring (bicyclic) bond motifs is 1. The second kappa shape index (κ2) is 5.75. The predicted molar refractivity (Wildman–Crippen MR) is 83.6 cm³/mol. The van der Waals surface area contributed by atoms with E-state index in [4.69, 9.17) is 4.74 Å². The van der Waals surface area contributed by atoms with Crippen LogP contribution >= 0.6 is 0 Å². The molecule has 0 N–H and O–H groups in total. The van der Waals surface area contributed by atoms with Crippen molar-refractivity contribution in [2.75, 3.05) is 13.1 Å². The van der Waals surface area contributed by atoms with Crippen LogP contribution in [0.2, 0.25) is 0 Å². The summed E-state index contributed by atoms with van der Waals surface area (Å²) in [5.74, 6) is 0.190. The maximum atomic E-state index is 13.0. The third-order valence-electron chi connectivity index (χ3n) is 4.49. The van der Waals surface area contributed by atoms with Crippen LogP contribution in [0.3, 0.4) is 0 Å². The van der Waals surface area contributed by atoms with Gasteiger partial charge in [-0.3, -0.25) is 4.79 Å². The van der Waals surface area contributed by atoms with Gasteiger partial charge in [0.2, 0.25) is 0 Å². The molecule has 1 fully saturated rings. The first-order valence-electron chi connectivity index (χ1n) is 8.14. The number of carbonyl (C=O) groups is 2. The topological polar surface area (TPSA) is 46.6 Å². The van der Waals surface area contributed by atoms with Crippen LogP contribution in [0.1, 0.15) is 49.0 Å². The van der Waals surface area contributed by atoms with E-state index in [0.717, 1.165) is 25.1 Å². The molecule has 1 amide bonds. The molecule has 0 aromatic heterocycles. The average Bonchev–Trinajstić information content (AvgIpc) is 3.30. The molecule has 1 aromatic carbocycles. The lowest BCUT2D eigenvalue weighted by Gasteiger charge is -2.37. The summed E-state index contributed by atoms with van der Waals surface area (Å²) in [6.45, 7) is 5.34. The number of carbonyl (C=O) groups excluding carboxylic acids is 2. The van der Waals surface area contributed by atoms with E-state index in [1.165, 1.54) is 12.8 Å². The van der Waals surface area contributed by atoms with Crippen LogP contribution in [-0.2, 0) is 16.0 Å². The highest BCUT2D eigenvalue weighted by Crippen LogP contribution is 2.33. The highest BCUT2D eigenvalue weighted by molar-refractivity contribution is 5.97. The number of hydrogen-bond donors (Lipinski definition) is 0. The molecule has 1 atom stereocenters. The Morgan fingerprint density at radius 2 is 2.09 bits per heavy atom. The van der Waals surface area contributed by atoms with Gasteiger partial charge in [-0.25, -0.2) is 4.79 Å². The molecule has 1 saturated carbocycles. The van der Waals surface area contributed by atoms with Gasteiger partial charge in [0.05, 0.1) is 5.56 Å². The zero-order valence-electron chi connectivity index (χ0n) is 13.3. The summed E-state index contributed by atoms with van der Waals surface area (Å²) in [7, 11) is 0. The Labute approximate surface area is 131 Å². The van der Waals surface area contributed by atoms with Gasteiger partial charge >= 0.3 is 5.97 Å². The zero-order chi connectivity index (χ0) is 15.7. The summed E-state index contributed by atoms with van der Waals surface area (Å²) >= 11 is 0. The van der Waals surface area contributed by atoms with Crippen LogP contribution in [0, 0.1) is 5.92 Å². The van der Waals surface area contributed by atoms with Gasteiger partial charge < -0.3 is 9.64 Å². The predicted octanol–water partition coefficient (Wildman–Crippen LogP) is 2.81. The first-order valence-corrected chi connectivity index (χ1v) is 8.14. The van der Waals surface area contributed by atoms with E-state index in [0.29, 0.717) is 17.9 Å². The van der Waals surface area contributed by atoms with Crippen molar-refractivity contribution in [2.45, 2.75) is 45.1 Å². The van der Waals surface area contributed by atoms with E-state index in [2.05, 4.69) is 6.92 Å². The molecule has 1 unspecified atom stereocenters. The van der Waals surface area contributed by atoms with E-state index in [9.17, 15) is 9.59 Å². The SMILES string of the molecule is CCCN(CC1CC1)C(=O)C1(C)Cc2ccccc2C(=O)O1. The number of amides is 1. The number of ether oxygens (including phenoxy) is 1. The molecule has 1 heterocycles. The summed E-state index contributed by atoms with van der Waals surface area (Å²) in [5.41, 5.74) is 0.407.